The first kappa shape index (κ1) is 16.9. The van der Waals surface area contributed by atoms with Crippen molar-refractivity contribution in [2.45, 2.75) is 38.1 Å². The summed E-state index contributed by atoms with van der Waals surface area (Å²) < 4.78 is 7.79. The normalized spacial score (nSPS) is 15.0. The standard InChI is InChI=1S/C22H21N5O/c1-3-8-16(9-4-1)20-19(15-24-27(20)18-11-5-2-6-12-18)22-25-21(26-28-22)17-10-7-13-23-14-17/h1,3-4,7-10,13-15,18H,2,5-6,11-12H2. The van der Waals surface area contributed by atoms with E-state index in [1.54, 1.807) is 12.4 Å². The predicted octanol–water partition coefficient (Wildman–Crippen LogP) is 5.17. The molecule has 0 bridgehead atoms. The lowest BCUT2D eigenvalue weighted by atomic mass is 9.95. The van der Waals surface area contributed by atoms with Crippen LogP contribution in [0.1, 0.15) is 38.1 Å². The van der Waals surface area contributed by atoms with Gasteiger partial charge in [0.25, 0.3) is 5.89 Å². The van der Waals surface area contributed by atoms with E-state index in [9.17, 15) is 0 Å². The molecule has 6 nitrogen and oxygen atoms in total. The van der Waals surface area contributed by atoms with E-state index in [0.29, 0.717) is 17.8 Å². The number of nitrogens with zero attached hydrogens (tertiary/aromatic N) is 5. The minimum atomic E-state index is 0.415. The second-order valence-electron chi connectivity index (χ2n) is 7.17. The van der Waals surface area contributed by atoms with Crippen LogP contribution in [-0.2, 0) is 0 Å². The van der Waals surface area contributed by atoms with Crippen molar-refractivity contribution in [1.29, 1.82) is 0 Å². The van der Waals surface area contributed by atoms with E-state index in [2.05, 4.69) is 31.9 Å². The Morgan fingerprint density at radius 3 is 2.50 bits per heavy atom. The molecule has 3 heterocycles. The summed E-state index contributed by atoms with van der Waals surface area (Å²) in [5.41, 5.74) is 3.87. The van der Waals surface area contributed by atoms with Gasteiger partial charge in [-0.05, 0) is 25.0 Å². The Morgan fingerprint density at radius 2 is 1.71 bits per heavy atom. The molecule has 0 saturated heterocycles. The highest BCUT2D eigenvalue weighted by Crippen LogP contribution is 2.37. The summed E-state index contributed by atoms with van der Waals surface area (Å²) in [6, 6.07) is 14.5. The Hall–Kier alpha value is -3.28. The first-order valence-electron chi connectivity index (χ1n) is 9.77. The molecule has 0 atom stereocenters. The Bertz CT molecular complexity index is 1050. The second-order valence-corrected chi connectivity index (χ2v) is 7.17. The molecule has 1 fully saturated rings. The van der Waals surface area contributed by atoms with Crippen LogP contribution in [-0.4, -0.2) is 24.9 Å². The summed E-state index contributed by atoms with van der Waals surface area (Å²) in [4.78, 5) is 8.76. The van der Waals surface area contributed by atoms with E-state index in [1.165, 1.54) is 19.3 Å². The summed E-state index contributed by atoms with van der Waals surface area (Å²) in [7, 11) is 0. The molecule has 3 aromatic heterocycles. The number of pyridine rings is 1. The van der Waals surface area contributed by atoms with Crippen LogP contribution in [0.2, 0.25) is 0 Å². The van der Waals surface area contributed by atoms with Crippen molar-refractivity contribution >= 4 is 0 Å². The quantitative estimate of drug-likeness (QED) is 0.495. The average molecular weight is 371 g/mol. The van der Waals surface area contributed by atoms with Crippen LogP contribution in [0.3, 0.4) is 0 Å². The molecule has 28 heavy (non-hydrogen) atoms. The van der Waals surface area contributed by atoms with Gasteiger partial charge in [0, 0.05) is 23.5 Å². The molecule has 0 unspecified atom stereocenters. The zero-order valence-corrected chi connectivity index (χ0v) is 15.5. The highest BCUT2D eigenvalue weighted by molar-refractivity contribution is 5.77. The molecule has 0 aliphatic heterocycles. The van der Waals surface area contributed by atoms with Crippen LogP contribution in [0.25, 0.3) is 34.1 Å². The van der Waals surface area contributed by atoms with Gasteiger partial charge in [0.15, 0.2) is 0 Å². The van der Waals surface area contributed by atoms with Gasteiger partial charge in [-0.15, -0.1) is 0 Å². The van der Waals surface area contributed by atoms with Gasteiger partial charge in [-0.1, -0.05) is 54.8 Å². The van der Waals surface area contributed by atoms with Crippen molar-refractivity contribution in [1.82, 2.24) is 24.9 Å². The molecule has 4 aromatic rings. The summed E-state index contributed by atoms with van der Waals surface area (Å²) in [5, 5.41) is 8.91. The number of hydrogen-bond acceptors (Lipinski definition) is 5. The third kappa shape index (κ3) is 3.11. The zero-order valence-electron chi connectivity index (χ0n) is 15.5. The molecule has 0 N–H and O–H groups in total. The zero-order chi connectivity index (χ0) is 18.8. The fourth-order valence-electron chi connectivity index (χ4n) is 3.95. The van der Waals surface area contributed by atoms with Crippen LogP contribution >= 0.6 is 0 Å². The Morgan fingerprint density at radius 1 is 0.893 bits per heavy atom. The van der Waals surface area contributed by atoms with Crippen LogP contribution in [0.4, 0.5) is 0 Å². The first-order valence-corrected chi connectivity index (χ1v) is 9.77. The highest BCUT2D eigenvalue weighted by atomic mass is 16.5. The summed E-state index contributed by atoms with van der Waals surface area (Å²) >= 11 is 0. The van der Waals surface area contributed by atoms with Crippen LogP contribution in [0, 0.1) is 0 Å². The van der Waals surface area contributed by atoms with Gasteiger partial charge in [-0.2, -0.15) is 10.1 Å². The lowest BCUT2D eigenvalue weighted by molar-refractivity contribution is 0.332. The van der Waals surface area contributed by atoms with Crippen LogP contribution in [0.5, 0.6) is 0 Å². The lowest BCUT2D eigenvalue weighted by Crippen LogP contribution is -2.15. The second kappa shape index (κ2) is 7.38. The van der Waals surface area contributed by atoms with E-state index in [0.717, 1.165) is 35.2 Å². The van der Waals surface area contributed by atoms with Crippen molar-refractivity contribution in [3.8, 4) is 34.1 Å². The Labute approximate surface area is 163 Å². The molecule has 0 radical (unpaired) electrons. The van der Waals surface area contributed by atoms with E-state index < -0.39 is 0 Å². The highest BCUT2D eigenvalue weighted by Gasteiger charge is 2.25. The molecule has 0 spiro atoms. The number of hydrogen-bond donors (Lipinski definition) is 0. The molecule has 5 rings (SSSR count). The minimum Gasteiger partial charge on any atom is -0.333 e. The number of benzene rings is 1. The van der Waals surface area contributed by atoms with Crippen molar-refractivity contribution < 1.29 is 4.52 Å². The maximum Gasteiger partial charge on any atom is 0.262 e. The van der Waals surface area contributed by atoms with Crippen LogP contribution < -0.4 is 0 Å². The van der Waals surface area contributed by atoms with Crippen molar-refractivity contribution in [3.63, 3.8) is 0 Å². The topological polar surface area (TPSA) is 69.6 Å². The number of rotatable bonds is 4. The van der Waals surface area contributed by atoms with Crippen molar-refractivity contribution in [2.24, 2.45) is 0 Å². The third-order valence-electron chi connectivity index (χ3n) is 5.34. The molecule has 0 amide bonds. The van der Waals surface area contributed by atoms with Gasteiger partial charge in [0.1, 0.15) is 0 Å². The molecule has 140 valence electrons. The average Bonchev–Trinajstić information content (AvgIpc) is 3.43. The van der Waals surface area contributed by atoms with Gasteiger partial charge < -0.3 is 4.52 Å². The van der Waals surface area contributed by atoms with Gasteiger partial charge in [0.2, 0.25) is 5.82 Å². The van der Waals surface area contributed by atoms with Crippen LogP contribution in [0.15, 0.2) is 65.6 Å². The lowest BCUT2D eigenvalue weighted by Gasteiger charge is -2.24. The maximum absolute atomic E-state index is 5.63. The summed E-state index contributed by atoms with van der Waals surface area (Å²) in [6.45, 7) is 0. The number of aromatic nitrogens is 5. The predicted molar refractivity (Wildman–Crippen MR) is 106 cm³/mol. The summed E-state index contributed by atoms with van der Waals surface area (Å²) in [5.74, 6) is 1.02. The summed E-state index contributed by atoms with van der Waals surface area (Å²) in [6.07, 6.45) is 11.4. The monoisotopic (exact) mass is 371 g/mol. The van der Waals surface area contributed by atoms with Gasteiger partial charge >= 0.3 is 0 Å². The first-order chi connectivity index (χ1) is 13.9. The van der Waals surface area contributed by atoms with Crippen molar-refractivity contribution in [2.75, 3.05) is 0 Å². The smallest absolute Gasteiger partial charge is 0.262 e. The minimum absolute atomic E-state index is 0.415. The Kier molecular flexibility index (Phi) is 4.45. The van der Waals surface area contributed by atoms with E-state index in [-0.39, 0.29) is 0 Å². The fourth-order valence-corrected chi connectivity index (χ4v) is 3.95. The Balaban J connectivity index is 1.60. The van der Waals surface area contributed by atoms with Gasteiger partial charge in [-0.3, -0.25) is 9.67 Å². The molecule has 1 saturated carbocycles. The van der Waals surface area contributed by atoms with E-state index in [1.807, 2.05) is 36.5 Å². The molecular formula is C22H21N5O. The fraction of sp³-hybridized carbons (Fsp3) is 0.273. The van der Waals surface area contributed by atoms with Gasteiger partial charge in [0.05, 0.1) is 23.5 Å². The van der Waals surface area contributed by atoms with E-state index >= 15 is 0 Å². The SMILES string of the molecule is c1ccc(-c2c(-c3nc(-c4cccnc4)no3)cnn2C2CCCCC2)cc1. The molecule has 1 aliphatic rings. The largest absolute Gasteiger partial charge is 0.333 e. The van der Waals surface area contributed by atoms with Crippen molar-refractivity contribution in [3.05, 3.63) is 61.1 Å². The third-order valence-corrected chi connectivity index (χ3v) is 5.34. The van der Waals surface area contributed by atoms with E-state index in [4.69, 9.17) is 9.62 Å². The maximum atomic E-state index is 5.63. The molecule has 6 heteroatoms. The molecular weight excluding hydrogens is 350 g/mol. The molecule has 1 aromatic carbocycles. The van der Waals surface area contributed by atoms with Gasteiger partial charge in [-0.25, -0.2) is 0 Å². The molecule has 1 aliphatic carbocycles.